The standard InChI is InChI=1S/C9H15NO5/c1-9(2)14-6-4(11)3-10-8(13)5(12)7(6)15-9/h4-7,11-12H,3H2,1-2H3,(H,10,13). The van der Waals surface area contributed by atoms with Crippen LogP contribution in [0.5, 0.6) is 0 Å². The van der Waals surface area contributed by atoms with Crippen LogP contribution in [-0.2, 0) is 14.3 Å². The van der Waals surface area contributed by atoms with Crippen LogP contribution >= 0.6 is 0 Å². The number of ether oxygens (including phenoxy) is 2. The van der Waals surface area contributed by atoms with Crippen molar-refractivity contribution in [3.63, 3.8) is 0 Å². The molecule has 2 heterocycles. The van der Waals surface area contributed by atoms with Crippen molar-refractivity contribution >= 4 is 5.91 Å². The second-order valence-corrected chi connectivity index (χ2v) is 4.32. The fourth-order valence-electron chi connectivity index (χ4n) is 1.93. The Hall–Kier alpha value is -0.690. The van der Waals surface area contributed by atoms with E-state index in [1.54, 1.807) is 13.8 Å². The van der Waals surface area contributed by atoms with Crippen LogP contribution in [0.2, 0.25) is 0 Å². The van der Waals surface area contributed by atoms with Crippen LogP contribution in [0, 0.1) is 0 Å². The molecule has 2 aliphatic rings. The van der Waals surface area contributed by atoms with E-state index >= 15 is 0 Å². The van der Waals surface area contributed by atoms with Crippen molar-refractivity contribution in [2.45, 2.75) is 44.1 Å². The summed E-state index contributed by atoms with van der Waals surface area (Å²) >= 11 is 0. The lowest BCUT2D eigenvalue weighted by atomic mass is 10.1. The normalized spacial score (nSPS) is 44.4. The molecule has 0 bridgehead atoms. The lowest BCUT2D eigenvalue weighted by Crippen LogP contribution is -2.43. The molecule has 4 atom stereocenters. The first-order valence-electron chi connectivity index (χ1n) is 4.90. The summed E-state index contributed by atoms with van der Waals surface area (Å²) in [5, 5.41) is 21.7. The SMILES string of the molecule is CC1(C)OC2C(O)CNC(=O)C(O)C2O1. The molecule has 0 aromatic carbocycles. The van der Waals surface area contributed by atoms with Crippen molar-refractivity contribution in [1.29, 1.82) is 0 Å². The van der Waals surface area contributed by atoms with Gasteiger partial charge in [0.05, 0.1) is 0 Å². The molecule has 0 aromatic rings. The summed E-state index contributed by atoms with van der Waals surface area (Å²) in [5.41, 5.74) is 0. The van der Waals surface area contributed by atoms with Gasteiger partial charge in [-0.1, -0.05) is 0 Å². The zero-order chi connectivity index (χ0) is 11.2. The third-order valence-corrected chi connectivity index (χ3v) is 2.61. The first-order chi connectivity index (χ1) is 6.91. The summed E-state index contributed by atoms with van der Waals surface area (Å²) in [6, 6.07) is 0. The van der Waals surface area contributed by atoms with E-state index < -0.39 is 36.1 Å². The number of aliphatic hydroxyl groups excluding tert-OH is 2. The van der Waals surface area contributed by atoms with Gasteiger partial charge in [0.15, 0.2) is 11.9 Å². The third kappa shape index (κ3) is 1.85. The summed E-state index contributed by atoms with van der Waals surface area (Å²) in [6.45, 7) is 3.43. The zero-order valence-electron chi connectivity index (χ0n) is 8.64. The van der Waals surface area contributed by atoms with Crippen LogP contribution in [0.1, 0.15) is 13.8 Å². The largest absolute Gasteiger partial charge is 0.388 e. The number of amides is 1. The van der Waals surface area contributed by atoms with Gasteiger partial charge in [0, 0.05) is 6.54 Å². The zero-order valence-corrected chi connectivity index (χ0v) is 8.64. The average molecular weight is 217 g/mol. The Morgan fingerprint density at radius 3 is 2.60 bits per heavy atom. The molecule has 15 heavy (non-hydrogen) atoms. The van der Waals surface area contributed by atoms with E-state index in [4.69, 9.17) is 9.47 Å². The molecule has 2 fully saturated rings. The quantitative estimate of drug-likeness (QED) is 0.453. The van der Waals surface area contributed by atoms with Crippen LogP contribution < -0.4 is 5.32 Å². The number of hydrogen-bond acceptors (Lipinski definition) is 5. The molecular weight excluding hydrogens is 202 g/mol. The number of rotatable bonds is 0. The molecule has 0 spiro atoms. The van der Waals surface area contributed by atoms with Crippen LogP contribution in [0.4, 0.5) is 0 Å². The second kappa shape index (κ2) is 3.41. The minimum atomic E-state index is -1.30. The van der Waals surface area contributed by atoms with Gasteiger partial charge in [-0.2, -0.15) is 0 Å². The van der Waals surface area contributed by atoms with Gasteiger partial charge >= 0.3 is 0 Å². The van der Waals surface area contributed by atoms with E-state index in [1.807, 2.05) is 0 Å². The van der Waals surface area contributed by atoms with Crippen LogP contribution in [0.25, 0.3) is 0 Å². The number of β-amino-alcohol motifs (C(OH)–C–C–N with tert-alkyl or cyclic N) is 1. The van der Waals surface area contributed by atoms with Crippen molar-refractivity contribution in [3.05, 3.63) is 0 Å². The van der Waals surface area contributed by atoms with Gasteiger partial charge in [-0.15, -0.1) is 0 Å². The highest BCUT2D eigenvalue weighted by atomic mass is 16.8. The Labute approximate surface area is 87.2 Å². The van der Waals surface area contributed by atoms with Gasteiger partial charge in [0.2, 0.25) is 0 Å². The molecule has 1 amide bonds. The lowest BCUT2D eigenvalue weighted by Gasteiger charge is -2.19. The fourth-order valence-corrected chi connectivity index (χ4v) is 1.93. The van der Waals surface area contributed by atoms with E-state index in [9.17, 15) is 15.0 Å². The first kappa shape index (κ1) is 10.8. The highest BCUT2D eigenvalue weighted by molar-refractivity contribution is 5.81. The molecule has 86 valence electrons. The topological polar surface area (TPSA) is 88.0 Å². The molecule has 0 radical (unpaired) electrons. The van der Waals surface area contributed by atoms with Crippen LogP contribution in [-0.4, -0.2) is 52.9 Å². The van der Waals surface area contributed by atoms with Gasteiger partial charge < -0.3 is 25.0 Å². The Kier molecular flexibility index (Phi) is 2.46. The minimum Gasteiger partial charge on any atom is -0.388 e. The summed E-state index contributed by atoms with van der Waals surface area (Å²) in [4.78, 5) is 11.3. The molecule has 0 aliphatic carbocycles. The maximum Gasteiger partial charge on any atom is 0.251 e. The summed E-state index contributed by atoms with van der Waals surface area (Å²) in [6.07, 6.45) is -3.64. The van der Waals surface area contributed by atoms with E-state index in [2.05, 4.69) is 5.32 Å². The van der Waals surface area contributed by atoms with Gasteiger partial charge in [-0.3, -0.25) is 4.79 Å². The predicted octanol–water partition coefficient (Wildman–Crippen LogP) is -1.64. The maximum atomic E-state index is 11.3. The van der Waals surface area contributed by atoms with E-state index in [1.165, 1.54) is 0 Å². The Bertz CT molecular complexity index is 280. The molecule has 3 N–H and O–H groups in total. The molecular formula is C9H15NO5. The van der Waals surface area contributed by atoms with E-state index in [0.29, 0.717) is 0 Å². The molecule has 2 rings (SSSR count). The van der Waals surface area contributed by atoms with Crippen molar-refractivity contribution in [2.75, 3.05) is 6.54 Å². The maximum absolute atomic E-state index is 11.3. The number of nitrogens with one attached hydrogen (secondary N) is 1. The third-order valence-electron chi connectivity index (χ3n) is 2.61. The predicted molar refractivity (Wildman–Crippen MR) is 48.8 cm³/mol. The van der Waals surface area contributed by atoms with Gasteiger partial charge in [-0.05, 0) is 13.8 Å². The molecule has 4 unspecified atom stereocenters. The van der Waals surface area contributed by atoms with Crippen molar-refractivity contribution in [3.8, 4) is 0 Å². The monoisotopic (exact) mass is 217 g/mol. The van der Waals surface area contributed by atoms with Crippen LogP contribution in [0.3, 0.4) is 0 Å². The molecule has 0 aromatic heterocycles. The van der Waals surface area contributed by atoms with Crippen LogP contribution in [0.15, 0.2) is 0 Å². The summed E-state index contributed by atoms with van der Waals surface area (Å²) in [7, 11) is 0. The number of aliphatic hydroxyl groups is 2. The van der Waals surface area contributed by atoms with Crippen molar-refractivity contribution in [1.82, 2.24) is 5.32 Å². The van der Waals surface area contributed by atoms with Gasteiger partial charge in [0.1, 0.15) is 18.3 Å². The van der Waals surface area contributed by atoms with E-state index in [-0.39, 0.29) is 6.54 Å². The number of carbonyl (C=O) groups excluding carboxylic acids is 1. The number of carbonyl (C=O) groups is 1. The summed E-state index contributed by atoms with van der Waals surface area (Å²) < 4.78 is 10.8. The molecule has 2 aliphatic heterocycles. The Morgan fingerprint density at radius 1 is 1.33 bits per heavy atom. The Balaban J connectivity index is 2.24. The van der Waals surface area contributed by atoms with Crippen molar-refractivity contribution in [2.24, 2.45) is 0 Å². The minimum absolute atomic E-state index is 0.0660. The highest BCUT2D eigenvalue weighted by Gasteiger charge is 2.51. The highest BCUT2D eigenvalue weighted by Crippen LogP contribution is 2.32. The fraction of sp³-hybridized carbons (Fsp3) is 0.889. The number of fused-ring (bicyclic) bond motifs is 1. The molecule has 0 saturated carbocycles. The first-order valence-corrected chi connectivity index (χ1v) is 4.90. The lowest BCUT2D eigenvalue weighted by molar-refractivity contribution is -0.166. The Morgan fingerprint density at radius 2 is 1.93 bits per heavy atom. The molecule has 6 heteroatoms. The summed E-state index contributed by atoms with van der Waals surface area (Å²) in [5.74, 6) is -1.42. The second-order valence-electron chi connectivity index (χ2n) is 4.32. The molecule has 6 nitrogen and oxygen atoms in total. The number of hydrogen-bond donors (Lipinski definition) is 3. The average Bonchev–Trinajstić information content (AvgIpc) is 2.44. The van der Waals surface area contributed by atoms with E-state index in [0.717, 1.165) is 0 Å². The smallest absolute Gasteiger partial charge is 0.251 e. The van der Waals surface area contributed by atoms with Gasteiger partial charge in [0.25, 0.3) is 5.91 Å². The molecule has 2 saturated heterocycles. The van der Waals surface area contributed by atoms with Gasteiger partial charge in [-0.25, -0.2) is 0 Å². The van der Waals surface area contributed by atoms with Crippen molar-refractivity contribution < 1.29 is 24.5 Å².